The minimum absolute atomic E-state index is 0.0671. The van der Waals surface area contributed by atoms with Gasteiger partial charge in [-0.1, -0.05) is 12.1 Å². The Morgan fingerprint density at radius 2 is 1.95 bits per heavy atom. The first-order chi connectivity index (χ1) is 9.38. The number of benzene rings is 1. The largest absolute Gasteiger partial charge is 0.396 e. The topological polar surface area (TPSA) is 78.4 Å². The van der Waals surface area contributed by atoms with Gasteiger partial charge in [0.25, 0.3) is 0 Å². The van der Waals surface area contributed by atoms with Gasteiger partial charge in [0.2, 0.25) is 10.0 Å². The minimum Gasteiger partial charge on any atom is -0.396 e. The maximum atomic E-state index is 12.3. The van der Waals surface area contributed by atoms with Crippen molar-refractivity contribution in [1.29, 1.82) is 0 Å². The number of anilines is 1. The molecule has 6 heteroatoms. The zero-order chi connectivity index (χ0) is 14.8. The fraction of sp³-hybridized carbons (Fsp3) is 0.571. The smallest absolute Gasteiger partial charge is 0.242 e. The van der Waals surface area contributed by atoms with Crippen molar-refractivity contribution in [3.8, 4) is 0 Å². The third-order valence-corrected chi connectivity index (χ3v) is 5.23. The molecule has 0 saturated heterocycles. The Hall–Kier alpha value is -1.11. The van der Waals surface area contributed by atoms with Crippen molar-refractivity contribution in [2.24, 2.45) is 5.41 Å². The number of nitrogens with one attached hydrogen (secondary N) is 2. The quantitative estimate of drug-likeness (QED) is 0.714. The summed E-state index contributed by atoms with van der Waals surface area (Å²) < 4.78 is 27.1. The SMILES string of the molecule is CC(C)NS(=O)(=O)c1ccccc1NCC1(CO)CC1. The lowest BCUT2D eigenvalue weighted by molar-refractivity contribution is 0.219. The summed E-state index contributed by atoms with van der Waals surface area (Å²) in [6.07, 6.45) is 1.96. The predicted octanol–water partition coefficient (Wildman–Crippen LogP) is 1.56. The first kappa shape index (κ1) is 15.3. The van der Waals surface area contributed by atoms with Gasteiger partial charge in [0.15, 0.2) is 0 Å². The molecule has 0 bridgehead atoms. The molecule has 1 saturated carbocycles. The van der Waals surface area contributed by atoms with Crippen LogP contribution in [0.1, 0.15) is 26.7 Å². The van der Waals surface area contributed by atoms with E-state index >= 15 is 0 Å². The molecule has 20 heavy (non-hydrogen) atoms. The second kappa shape index (κ2) is 5.71. The number of sulfonamides is 1. The normalized spacial score (nSPS) is 17.2. The summed E-state index contributed by atoms with van der Waals surface area (Å²) in [5, 5.41) is 12.5. The van der Waals surface area contributed by atoms with Gasteiger partial charge in [-0.05, 0) is 38.8 Å². The van der Waals surface area contributed by atoms with Gasteiger partial charge in [-0.2, -0.15) is 0 Å². The van der Waals surface area contributed by atoms with E-state index in [4.69, 9.17) is 0 Å². The van der Waals surface area contributed by atoms with Crippen molar-refractivity contribution < 1.29 is 13.5 Å². The molecule has 1 aromatic rings. The fourth-order valence-corrected chi connectivity index (χ4v) is 3.51. The second-order valence-corrected chi connectivity index (χ2v) is 7.47. The lowest BCUT2D eigenvalue weighted by Gasteiger charge is -2.17. The highest BCUT2D eigenvalue weighted by Gasteiger charge is 2.41. The van der Waals surface area contributed by atoms with Gasteiger partial charge >= 0.3 is 0 Å². The molecule has 0 amide bonds. The Kier molecular flexibility index (Phi) is 4.36. The monoisotopic (exact) mass is 298 g/mol. The Morgan fingerprint density at radius 3 is 2.50 bits per heavy atom. The molecule has 1 aliphatic rings. The molecule has 0 aliphatic heterocycles. The van der Waals surface area contributed by atoms with Crippen LogP contribution in [0.3, 0.4) is 0 Å². The summed E-state index contributed by atoms with van der Waals surface area (Å²) in [5.41, 5.74) is 0.517. The third kappa shape index (κ3) is 3.50. The van der Waals surface area contributed by atoms with Crippen LogP contribution >= 0.6 is 0 Å². The van der Waals surface area contributed by atoms with Gasteiger partial charge in [0.1, 0.15) is 4.90 Å². The van der Waals surface area contributed by atoms with Crippen molar-refractivity contribution >= 4 is 15.7 Å². The zero-order valence-corrected chi connectivity index (χ0v) is 12.7. The summed E-state index contributed by atoms with van der Waals surface area (Å²) in [4.78, 5) is 0.252. The molecule has 0 radical (unpaired) electrons. The molecule has 0 unspecified atom stereocenters. The molecule has 2 rings (SSSR count). The Morgan fingerprint density at radius 1 is 1.30 bits per heavy atom. The number of aliphatic hydroxyl groups is 1. The number of aliphatic hydroxyl groups excluding tert-OH is 1. The molecule has 0 atom stereocenters. The summed E-state index contributed by atoms with van der Waals surface area (Å²) in [7, 11) is -3.52. The molecular weight excluding hydrogens is 276 g/mol. The van der Waals surface area contributed by atoms with E-state index < -0.39 is 10.0 Å². The van der Waals surface area contributed by atoms with E-state index in [-0.39, 0.29) is 23.0 Å². The maximum Gasteiger partial charge on any atom is 0.242 e. The second-order valence-electron chi connectivity index (χ2n) is 5.78. The van der Waals surface area contributed by atoms with Crippen molar-refractivity contribution in [1.82, 2.24) is 4.72 Å². The lowest BCUT2D eigenvalue weighted by Crippen LogP contribution is -2.31. The minimum atomic E-state index is -3.52. The van der Waals surface area contributed by atoms with Crippen LogP contribution in [-0.4, -0.2) is 32.7 Å². The Bertz CT molecular complexity index is 566. The van der Waals surface area contributed by atoms with Crippen molar-refractivity contribution in [3.05, 3.63) is 24.3 Å². The fourth-order valence-electron chi connectivity index (χ4n) is 2.07. The van der Waals surface area contributed by atoms with Crippen molar-refractivity contribution in [3.63, 3.8) is 0 Å². The zero-order valence-electron chi connectivity index (χ0n) is 11.9. The average Bonchev–Trinajstić information content (AvgIpc) is 3.16. The van der Waals surface area contributed by atoms with Crippen LogP contribution in [0.5, 0.6) is 0 Å². The van der Waals surface area contributed by atoms with E-state index in [1.807, 2.05) is 0 Å². The number of hydrogen-bond acceptors (Lipinski definition) is 4. The first-order valence-corrected chi connectivity index (χ1v) is 8.33. The highest BCUT2D eigenvalue weighted by atomic mass is 32.2. The van der Waals surface area contributed by atoms with Crippen LogP contribution in [-0.2, 0) is 10.0 Å². The molecule has 0 spiro atoms. The molecule has 0 heterocycles. The number of hydrogen-bond donors (Lipinski definition) is 3. The maximum absolute atomic E-state index is 12.3. The third-order valence-electron chi connectivity index (χ3n) is 3.51. The molecule has 5 nitrogen and oxygen atoms in total. The summed E-state index contributed by atoms with van der Waals surface area (Å²) in [6, 6.07) is 6.70. The molecule has 3 N–H and O–H groups in total. The first-order valence-electron chi connectivity index (χ1n) is 6.85. The summed E-state index contributed by atoms with van der Waals surface area (Å²) in [5.74, 6) is 0. The average molecular weight is 298 g/mol. The van der Waals surface area contributed by atoms with E-state index in [0.29, 0.717) is 12.2 Å². The molecule has 112 valence electrons. The summed E-state index contributed by atoms with van der Waals surface area (Å²) in [6.45, 7) is 4.31. The van der Waals surface area contributed by atoms with Crippen LogP contribution in [0.25, 0.3) is 0 Å². The van der Waals surface area contributed by atoms with E-state index in [1.165, 1.54) is 0 Å². The predicted molar refractivity (Wildman–Crippen MR) is 79.1 cm³/mol. The summed E-state index contributed by atoms with van der Waals surface area (Å²) >= 11 is 0. The van der Waals surface area contributed by atoms with Crippen molar-refractivity contribution in [2.75, 3.05) is 18.5 Å². The van der Waals surface area contributed by atoms with Gasteiger partial charge in [-0.3, -0.25) is 0 Å². The van der Waals surface area contributed by atoms with Crippen LogP contribution in [0.15, 0.2) is 29.2 Å². The van der Waals surface area contributed by atoms with E-state index in [2.05, 4.69) is 10.0 Å². The lowest BCUT2D eigenvalue weighted by atomic mass is 10.1. The molecule has 1 aromatic carbocycles. The van der Waals surface area contributed by atoms with Gasteiger partial charge in [0, 0.05) is 18.0 Å². The number of rotatable bonds is 7. The Labute approximate surface area is 120 Å². The number of para-hydroxylation sites is 1. The standard InChI is InChI=1S/C14H22N2O3S/c1-11(2)16-20(18,19)13-6-4-3-5-12(13)15-9-14(10-17)7-8-14/h3-6,11,15-17H,7-10H2,1-2H3. The van der Waals surface area contributed by atoms with Gasteiger partial charge in [-0.25, -0.2) is 13.1 Å². The molecule has 0 aromatic heterocycles. The van der Waals surface area contributed by atoms with Crippen LogP contribution in [0.4, 0.5) is 5.69 Å². The highest BCUT2D eigenvalue weighted by molar-refractivity contribution is 7.89. The van der Waals surface area contributed by atoms with E-state index in [0.717, 1.165) is 12.8 Å². The van der Waals surface area contributed by atoms with Gasteiger partial charge in [-0.15, -0.1) is 0 Å². The molecule has 1 aliphatic carbocycles. The highest BCUT2D eigenvalue weighted by Crippen LogP contribution is 2.45. The molecule has 1 fully saturated rings. The van der Waals surface area contributed by atoms with Crippen molar-refractivity contribution in [2.45, 2.75) is 37.6 Å². The van der Waals surface area contributed by atoms with Crippen LogP contribution in [0, 0.1) is 5.41 Å². The van der Waals surface area contributed by atoms with Crippen LogP contribution in [0.2, 0.25) is 0 Å². The van der Waals surface area contributed by atoms with E-state index in [9.17, 15) is 13.5 Å². The van der Waals surface area contributed by atoms with Gasteiger partial charge in [0.05, 0.1) is 12.3 Å². The molecular formula is C14H22N2O3S. The Balaban J connectivity index is 2.18. The van der Waals surface area contributed by atoms with Gasteiger partial charge < -0.3 is 10.4 Å². The van der Waals surface area contributed by atoms with E-state index in [1.54, 1.807) is 38.1 Å². The van der Waals surface area contributed by atoms with Crippen LogP contribution < -0.4 is 10.0 Å².